The van der Waals surface area contributed by atoms with Crippen molar-refractivity contribution in [1.82, 2.24) is 14.4 Å². The van der Waals surface area contributed by atoms with E-state index in [0.29, 0.717) is 12.2 Å². The first-order valence-corrected chi connectivity index (χ1v) is 12.7. The molecule has 3 heterocycles. The summed E-state index contributed by atoms with van der Waals surface area (Å²) in [5.74, 6) is 0.0358. The summed E-state index contributed by atoms with van der Waals surface area (Å²) in [5.41, 5.74) is 3.02. The molecule has 2 fully saturated rings. The van der Waals surface area contributed by atoms with Crippen LogP contribution in [0, 0.1) is 11.3 Å². The first kappa shape index (κ1) is 24.4. The summed E-state index contributed by atoms with van der Waals surface area (Å²) in [6.07, 6.45) is 5.67. The monoisotopic (exact) mass is 464 g/mol. The van der Waals surface area contributed by atoms with Crippen molar-refractivity contribution in [1.29, 1.82) is 5.26 Å². The lowest BCUT2D eigenvalue weighted by Gasteiger charge is -2.36. The second-order valence-electron chi connectivity index (χ2n) is 9.40. The highest BCUT2D eigenvalue weighted by Gasteiger charge is 2.38. The van der Waals surface area contributed by atoms with E-state index in [2.05, 4.69) is 28.5 Å². The summed E-state index contributed by atoms with van der Waals surface area (Å²) in [5, 5.41) is 10.4. The Hall–Kier alpha value is -2.69. The van der Waals surface area contributed by atoms with Crippen molar-refractivity contribution >= 4 is 22.7 Å². The third-order valence-electron chi connectivity index (χ3n) is 7.36. The maximum atomic E-state index is 13.6. The largest absolute Gasteiger partial charge is 0.465 e. The van der Waals surface area contributed by atoms with E-state index in [1.54, 1.807) is 0 Å². The third-order valence-corrected chi connectivity index (χ3v) is 7.36. The highest BCUT2D eigenvalue weighted by Crippen LogP contribution is 2.27. The molecular formula is C27H36N4O3. The van der Waals surface area contributed by atoms with Crippen molar-refractivity contribution in [3.63, 3.8) is 0 Å². The minimum absolute atomic E-state index is 0.0718. The Morgan fingerprint density at radius 3 is 2.59 bits per heavy atom. The topological polar surface area (TPSA) is 78.6 Å². The zero-order chi connectivity index (χ0) is 24.1. The molecule has 182 valence electrons. The van der Waals surface area contributed by atoms with Gasteiger partial charge in [-0.1, -0.05) is 12.5 Å². The maximum absolute atomic E-state index is 13.6. The number of fused-ring (bicyclic) bond motifs is 1. The predicted molar refractivity (Wildman–Crippen MR) is 131 cm³/mol. The number of aromatic nitrogens is 1. The van der Waals surface area contributed by atoms with Crippen LogP contribution in [0.15, 0.2) is 24.3 Å². The molecule has 1 unspecified atom stereocenters. The highest BCUT2D eigenvalue weighted by atomic mass is 16.5. The number of esters is 1. The molecule has 1 aromatic heterocycles. The summed E-state index contributed by atoms with van der Waals surface area (Å²) in [6, 6.07) is 10.1. The molecule has 0 N–H and O–H groups in total. The van der Waals surface area contributed by atoms with Crippen LogP contribution in [0.5, 0.6) is 0 Å². The number of ketones is 1. The van der Waals surface area contributed by atoms with Gasteiger partial charge in [-0.3, -0.25) is 19.4 Å². The van der Waals surface area contributed by atoms with Crippen LogP contribution in [0.25, 0.3) is 10.9 Å². The number of Topliss-reactive ketones (excluding diaryl/α,β-unsaturated/α-hetero) is 1. The maximum Gasteiger partial charge on any atom is 0.320 e. The molecule has 7 nitrogen and oxygen atoms in total. The molecule has 34 heavy (non-hydrogen) atoms. The molecule has 0 aliphatic carbocycles. The minimum atomic E-state index is -0.238. The Morgan fingerprint density at radius 1 is 1.06 bits per heavy atom. The lowest BCUT2D eigenvalue weighted by molar-refractivity contribution is -0.146. The van der Waals surface area contributed by atoms with Crippen LogP contribution in [0.2, 0.25) is 0 Å². The summed E-state index contributed by atoms with van der Waals surface area (Å²) < 4.78 is 7.43. The second-order valence-corrected chi connectivity index (χ2v) is 9.40. The zero-order valence-electron chi connectivity index (χ0n) is 20.5. The molecule has 2 atom stereocenters. The van der Waals surface area contributed by atoms with Crippen LogP contribution in [-0.4, -0.2) is 71.0 Å². The Balaban J connectivity index is 1.45. The van der Waals surface area contributed by atoms with E-state index in [1.165, 1.54) is 5.69 Å². The van der Waals surface area contributed by atoms with Crippen molar-refractivity contribution in [2.24, 2.45) is 0 Å². The quantitative estimate of drug-likeness (QED) is 0.529. The van der Waals surface area contributed by atoms with Crippen LogP contribution < -0.4 is 0 Å². The molecule has 2 aliphatic heterocycles. The van der Waals surface area contributed by atoms with Crippen molar-refractivity contribution in [3.8, 4) is 6.07 Å². The fraction of sp³-hybridized carbons (Fsp3) is 0.593. The smallest absolute Gasteiger partial charge is 0.320 e. The number of carbonyl (C=O) groups excluding carboxylic acids is 2. The molecule has 0 spiro atoms. The fourth-order valence-corrected chi connectivity index (χ4v) is 5.73. The summed E-state index contributed by atoms with van der Waals surface area (Å²) in [6.45, 7) is 7.92. The number of nitriles is 1. The third kappa shape index (κ3) is 5.18. The lowest BCUT2D eigenvalue weighted by atomic mass is 9.93. The van der Waals surface area contributed by atoms with Gasteiger partial charge in [0.15, 0.2) is 5.78 Å². The molecular weight excluding hydrogens is 428 g/mol. The lowest BCUT2D eigenvalue weighted by Crippen LogP contribution is -2.53. The highest BCUT2D eigenvalue weighted by molar-refractivity contribution is 5.90. The van der Waals surface area contributed by atoms with Crippen molar-refractivity contribution < 1.29 is 14.3 Å². The Kier molecular flexibility index (Phi) is 8.02. The minimum Gasteiger partial charge on any atom is -0.465 e. The summed E-state index contributed by atoms with van der Waals surface area (Å²) in [4.78, 5) is 30.1. The average molecular weight is 465 g/mol. The number of nitrogens with zero attached hydrogens (tertiary/aromatic N) is 4. The van der Waals surface area contributed by atoms with E-state index in [1.807, 2.05) is 30.0 Å². The van der Waals surface area contributed by atoms with Gasteiger partial charge in [-0.25, -0.2) is 0 Å². The van der Waals surface area contributed by atoms with Crippen LogP contribution in [0.1, 0.15) is 57.2 Å². The number of hydrogen-bond acceptors (Lipinski definition) is 6. The Morgan fingerprint density at radius 2 is 1.82 bits per heavy atom. The number of rotatable bonds is 9. The van der Waals surface area contributed by atoms with Gasteiger partial charge in [0.25, 0.3) is 0 Å². The van der Waals surface area contributed by atoms with Crippen molar-refractivity contribution in [2.75, 3.05) is 32.8 Å². The molecule has 4 rings (SSSR count). The molecule has 0 bridgehead atoms. The van der Waals surface area contributed by atoms with Gasteiger partial charge in [-0.15, -0.1) is 0 Å². The number of aryl methyl sites for hydroxylation is 1. The van der Waals surface area contributed by atoms with E-state index in [0.717, 1.165) is 75.6 Å². The van der Waals surface area contributed by atoms with Gasteiger partial charge >= 0.3 is 5.97 Å². The number of benzene rings is 1. The first-order valence-electron chi connectivity index (χ1n) is 12.7. The molecule has 2 aromatic rings. The number of carbonyl (C=O) groups is 2. The number of piperidine rings is 1. The standard InChI is InChI=1S/C27H36N4O3/c1-3-31-22(17-21-11-10-20(18-28)16-25(21)31)12-15-29-14-7-9-23(29)27(33)24-8-5-6-13-30(24)19-26(32)34-4-2/h10-11,16-17,23-24H,3-9,12-15,19H2,1-2H3/t23-,24?/m0/s1. The Labute approximate surface area is 202 Å². The van der Waals surface area contributed by atoms with E-state index < -0.39 is 0 Å². The molecule has 2 aliphatic rings. The number of likely N-dealkylation sites (tertiary alicyclic amines) is 2. The van der Waals surface area contributed by atoms with Crippen LogP contribution in [0.3, 0.4) is 0 Å². The first-order chi connectivity index (χ1) is 16.5. The SMILES string of the molecule is CCOC(=O)CN1CCCCC1C(=O)[C@@H]1CCCN1CCc1cc2ccc(C#N)cc2n1CC. The van der Waals surface area contributed by atoms with Gasteiger partial charge in [0, 0.05) is 30.7 Å². The van der Waals surface area contributed by atoms with Gasteiger partial charge in [0.1, 0.15) is 0 Å². The summed E-state index contributed by atoms with van der Waals surface area (Å²) in [7, 11) is 0. The normalized spacial score (nSPS) is 21.6. The fourth-order valence-electron chi connectivity index (χ4n) is 5.73. The second kappa shape index (κ2) is 11.2. The molecule has 0 saturated carbocycles. The van der Waals surface area contributed by atoms with Gasteiger partial charge in [-0.05, 0) is 76.2 Å². The average Bonchev–Trinajstić information content (AvgIpc) is 3.46. The molecule has 1 aromatic carbocycles. The van der Waals surface area contributed by atoms with E-state index in [-0.39, 0.29) is 30.4 Å². The zero-order valence-corrected chi connectivity index (χ0v) is 20.5. The van der Waals surface area contributed by atoms with Crippen molar-refractivity contribution in [3.05, 3.63) is 35.5 Å². The molecule has 7 heteroatoms. The van der Waals surface area contributed by atoms with E-state index in [9.17, 15) is 14.9 Å². The van der Waals surface area contributed by atoms with Crippen LogP contribution in [-0.2, 0) is 27.3 Å². The predicted octanol–water partition coefficient (Wildman–Crippen LogP) is 3.53. The van der Waals surface area contributed by atoms with E-state index >= 15 is 0 Å². The van der Waals surface area contributed by atoms with Gasteiger partial charge in [0.05, 0.1) is 36.9 Å². The number of ether oxygens (including phenoxy) is 1. The van der Waals surface area contributed by atoms with E-state index in [4.69, 9.17) is 4.74 Å². The number of hydrogen-bond donors (Lipinski definition) is 0. The van der Waals surface area contributed by atoms with Crippen LogP contribution in [0.4, 0.5) is 0 Å². The van der Waals surface area contributed by atoms with Gasteiger partial charge in [0.2, 0.25) is 0 Å². The summed E-state index contributed by atoms with van der Waals surface area (Å²) >= 11 is 0. The van der Waals surface area contributed by atoms with Crippen molar-refractivity contribution in [2.45, 2.75) is 71.0 Å². The van der Waals surface area contributed by atoms with Gasteiger partial charge in [-0.2, -0.15) is 5.26 Å². The molecule has 0 amide bonds. The van der Waals surface area contributed by atoms with Gasteiger partial charge < -0.3 is 9.30 Å². The molecule has 2 saturated heterocycles. The van der Waals surface area contributed by atoms with Crippen LogP contribution >= 0.6 is 0 Å². The Bertz CT molecular complexity index is 1070. The molecule has 0 radical (unpaired) electrons.